The van der Waals surface area contributed by atoms with E-state index in [-0.39, 0.29) is 11.9 Å². The monoisotopic (exact) mass is 383 g/mol. The van der Waals surface area contributed by atoms with E-state index >= 15 is 0 Å². The Hall–Kier alpha value is -2.54. The average molecular weight is 384 g/mol. The summed E-state index contributed by atoms with van der Waals surface area (Å²) in [4.78, 5) is 20.2. The molecule has 0 aliphatic heterocycles. The molecule has 7 heteroatoms. The number of nitrogens with zero attached hydrogens (tertiary/aromatic N) is 5. The fourth-order valence-electron chi connectivity index (χ4n) is 3.07. The molecular formula is C20H25N5OS. The molecule has 142 valence electrons. The lowest BCUT2D eigenvalue weighted by atomic mass is 10.1. The van der Waals surface area contributed by atoms with Crippen LogP contribution in [0.5, 0.6) is 0 Å². The summed E-state index contributed by atoms with van der Waals surface area (Å²) in [6.07, 6.45) is 3.66. The molecule has 2 aromatic heterocycles. The van der Waals surface area contributed by atoms with Gasteiger partial charge in [-0.25, -0.2) is 4.98 Å². The lowest BCUT2D eigenvalue weighted by Gasteiger charge is -2.23. The molecule has 0 saturated heterocycles. The van der Waals surface area contributed by atoms with Crippen molar-refractivity contribution in [3.63, 3.8) is 0 Å². The fourth-order valence-corrected chi connectivity index (χ4v) is 3.98. The fraction of sp³-hybridized carbons (Fsp3) is 0.400. The first-order chi connectivity index (χ1) is 13.0. The van der Waals surface area contributed by atoms with Gasteiger partial charge in [-0.1, -0.05) is 35.5 Å². The molecule has 0 unspecified atom stereocenters. The normalized spacial score (nSPS) is 12.1. The maximum Gasteiger partial charge on any atom is 0.276 e. The Balaban J connectivity index is 1.59. The number of thiazole rings is 1. The van der Waals surface area contributed by atoms with Gasteiger partial charge in [-0.15, -0.1) is 16.4 Å². The SMILES string of the molecule is Cc1nc([C@H](C)N(C)C(=O)c2cn(CCCc3ccccc3)nn2)c(C)s1. The Morgan fingerprint density at radius 1 is 1.26 bits per heavy atom. The molecule has 0 radical (unpaired) electrons. The minimum atomic E-state index is -0.137. The summed E-state index contributed by atoms with van der Waals surface area (Å²) in [5.41, 5.74) is 2.62. The van der Waals surface area contributed by atoms with Crippen molar-refractivity contribution in [1.82, 2.24) is 24.9 Å². The van der Waals surface area contributed by atoms with Crippen LogP contribution in [0.1, 0.15) is 51.0 Å². The number of aromatic nitrogens is 4. The molecule has 3 aromatic rings. The topological polar surface area (TPSA) is 63.9 Å². The van der Waals surface area contributed by atoms with Gasteiger partial charge in [0.05, 0.1) is 22.9 Å². The predicted octanol–water partition coefficient (Wildman–Crippen LogP) is 3.82. The lowest BCUT2D eigenvalue weighted by Crippen LogP contribution is -2.30. The number of carbonyl (C=O) groups is 1. The number of amides is 1. The highest BCUT2D eigenvalue weighted by molar-refractivity contribution is 7.11. The number of hydrogen-bond donors (Lipinski definition) is 0. The van der Waals surface area contributed by atoms with E-state index in [0.717, 1.165) is 35.0 Å². The summed E-state index contributed by atoms with van der Waals surface area (Å²) in [6, 6.07) is 10.2. The zero-order valence-corrected chi connectivity index (χ0v) is 17.0. The average Bonchev–Trinajstić information content (AvgIpc) is 3.27. The number of rotatable bonds is 7. The molecule has 0 aliphatic carbocycles. The smallest absolute Gasteiger partial charge is 0.276 e. The van der Waals surface area contributed by atoms with Crippen LogP contribution >= 0.6 is 11.3 Å². The minimum absolute atomic E-state index is 0.106. The van der Waals surface area contributed by atoms with Gasteiger partial charge in [0.1, 0.15) is 0 Å². The summed E-state index contributed by atoms with van der Waals surface area (Å²) < 4.78 is 1.74. The van der Waals surface area contributed by atoms with Gasteiger partial charge in [0.25, 0.3) is 5.91 Å². The van der Waals surface area contributed by atoms with Crippen molar-refractivity contribution in [1.29, 1.82) is 0 Å². The van der Waals surface area contributed by atoms with E-state index in [9.17, 15) is 4.79 Å². The van der Waals surface area contributed by atoms with Gasteiger partial charge in [0.2, 0.25) is 0 Å². The molecule has 0 fully saturated rings. The van der Waals surface area contributed by atoms with Crippen molar-refractivity contribution in [2.24, 2.45) is 0 Å². The van der Waals surface area contributed by atoms with E-state index in [1.807, 2.05) is 39.0 Å². The Bertz CT molecular complexity index is 902. The first-order valence-corrected chi connectivity index (χ1v) is 9.92. The van der Waals surface area contributed by atoms with Crippen molar-refractivity contribution < 1.29 is 4.79 Å². The highest BCUT2D eigenvalue weighted by Gasteiger charge is 2.24. The van der Waals surface area contributed by atoms with Crippen LogP contribution in [0.2, 0.25) is 0 Å². The van der Waals surface area contributed by atoms with Gasteiger partial charge in [-0.2, -0.15) is 0 Å². The van der Waals surface area contributed by atoms with Crippen molar-refractivity contribution in [3.8, 4) is 0 Å². The Labute approximate surface area is 163 Å². The first kappa shape index (κ1) is 19.2. The summed E-state index contributed by atoms with van der Waals surface area (Å²) in [5.74, 6) is -0.137. The van der Waals surface area contributed by atoms with E-state index in [4.69, 9.17) is 0 Å². The Morgan fingerprint density at radius 3 is 2.67 bits per heavy atom. The van der Waals surface area contributed by atoms with Gasteiger partial charge in [-0.3, -0.25) is 9.48 Å². The van der Waals surface area contributed by atoms with Crippen molar-refractivity contribution in [2.75, 3.05) is 7.05 Å². The Kier molecular flexibility index (Phi) is 6.01. The molecule has 0 saturated carbocycles. The van der Waals surface area contributed by atoms with Crippen LogP contribution in [0.15, 0.2) is 36.5 Å². The summed E-state index contributed by atoms with van der Waals surface area (Å²) in [7, 11) is 1.79. The van der Waals surface area contributed by atoms with Crippen LogP contribution in [0.3, 0.4) is 0 Å². The maximum absolute atomic E-state index is 12.8. The summed E-state index contributed by atoms with van der Waals surface area (Å²) in [6.45, 7) is 6.75. The first-order valence-electron chi connectivity index (χ1n) is 9.11. The molecule has 6 nitrogen and oxygen atoms in total. The quantitative estimate of drug-likeness (QED) is 0.622. The van der Waals surface area contributed by atoms with Crippen LogP contribution < -0.4 is 0 Å². The molecule has 27 heavy (non-hydrogen) atoms. The zero-order chi connectivity index (χ0) is 19.4. The van der Waals surface area contributed by atoms with Crippen molar-refractivity contribution in [2.45, 2.75) is 46.2 Å². The predicted molar refractivity (Wildman–Crippen MR) is 107 cm³/mol. The second-order valence-electron chi connectivity index (χ2n) is 6.72. The molecule has 0 aliphatic rings. The number of aryl methyl sites for hydroxylation is 4. The van der Waals surface area contributed by atoms with Crippen molar-refractivity contribution in [3.05, 3.63) is 63.4 Å². The van der Waals surface area contributed by atoms with E-state index in [1.165, 1.54) is 5.56 Å². The molecule has 1 amide bonds. The molecular weight excluding hydrogens is 358 g/mol. The molecule has 3 rings (SSSR count). The molecule has 1 atom stereocenters. The minimum Gasteiger partial charge on any atom is -0.332 e. The van der Waals surface area contributed by atoms with Crippen LogP contribution in [0.4, 0.5) is 0 Å². The molecule has 0 bridgehead atoms. The molecule has 0 spiro atoms. The second kappa shape index (κ2) is 8.43. The van der Waals surface area contributed by atoms with Crippen LogP contribution in [0.25, 0.3) is 0 Å². The van der Waals surface area contributed by atoms with Gasteiger partial charge >= 0.3 is 0 Å². The van der Waals surface area contributed by atoms with Gasteiger partial charge in [0, 0.05) is 18.5 Å². The van der Waals surface area contributed by atoms with E-state index in [1.54, 1.807) is 34.2 Å². The maximum atomic E-state index is 12.8. The molecule has 1 aromatic carbocycles. The summed E-state index contributed by atoms with van der Waals surface area (Å²) in [5, 5.41) is 9.19. The van der Waals surface area contributed by atoms with E-state index < -0.39 is 0 Å². The largest absolute Gasteiger partial charge is 0.332 e. The second-order valence-corrected chi connectivity index (χ2v) is 8.13. The van der Waals surface area contributed by atoms with Crippen LogP contribution in [-0.4, -0.2) is 37.8 Å². The van der Waals surface area contributed by atoms with Gasteiger partial charge < -0.3 is 4.90 Å². The third-order valence-corrected chi connectivity index (χ3v) is 5.59. The number of benzene rings is 1. The highest BCUT2D eigenvalue weighted by Crippen LogP contribution is 2.26. The Morgan fingerprint density at radius 2 is 2.00 bits per heavy atom. The van der Waals surface area contributed by atoms with Crippen LogP contribution in [-0.2, 0) is 13.0 Å². The zero-order valence-electron chi connectivity index (χ0n) is 16.2. The molecule has 2 heterocycles. The lowest BCUT2D eigenvalue weighted by molar-refractivity contribution is 0.0733. The molecule has 0 N–H and O–H groups in total. The highest BCUT2D eigenvalue weighted by atomic mass is 32.1. The summed E-state index contributed by atoms with van der Waals surface area (Å²) >= 11 is 1.65. The third-order valence-electron chi connectivity index (χ3n) is 4.69. The number of carbonyl (C=O) groups excluding carboxylic acids is 1. The van der Waals surface area contributed by atoms with Gasteiger partial charge in [-0.05, 0) is 39.2 Å². The van der Waals surface area contributed by atoms with E-state index in [2.05, 4.69) is 27.4 Å². The van der Waals surface area contributed by atoms with Crippen molar-refractivity contribution >= 4 is 17.2 Å². The van der Waals surface area contributed by atoms with Gasteiger partial charge in [0.15, 0.2) is 5.69 Å². The third kappa shape index (κ3) is 4.60. The standard InChI is InChI=1S/C20H25N5OS/c1-14(19-15(2)27-16(3)21-19)24(4)20(26)18-13-25(23-22-18)12-8-11-17-9-6-5-7-10-17/h5-7,9-10,13-14H,8,11-12H2,1-4H3/t14-/m0/s1. The number of hydrogen-bond acceptors (Lipinski definition) is 5. The van der Waals surface area contributed by atoms with E-state index in [0.29, 0.717) is 5.69 Å². The van der Waals surface area contributed by atoms with Crippen LogP contribution in [0, 0.1) is 13.8 Å².